The molecule has 5 heteroatoms. The molecule has 0 aliphatic carbocycles. The zero-order valence-electron chi connectivity index (χ0n) is 11.4. The van der Waals surface area contributed by atoms with E-state index in [9.17, 15) is 4.79 Å². The average Bonchev–Trinajstić information content (AvgIpc) is 2.95. The van der Waals surface area contributed by atoms with E-state index in [0.29, 0.717) is 22.8 Å². The number of ether oxygens (including phenoxy) is 2. The number of methoxy groups -OCH3 is 1. The van der Waals surface area contributed by atoms with Crippen molar-refractivity contribution in [3.8, 4) is 5.75 Å². The van der Waals surface area contributed by atoms with Crippen LogP contribution in [0.5, 0.6) is 5.75 Å². The first-order valence-corrected chi connectivity index (χ1v) is 6.42. The zero-order valence-corrected chi connectivity index (χ0v) is 11.4. The number of rotatable bonds is 4. The largest absolute Gasteiger partial charge is 0.497 e. The van der Waals surface area contributed by atoms with Crippen molar-refractivity contribution in [2.45, 2.75) is 6.61 Å². The smallest absolute Gasteiger partial charge is 0.338 e. The molecule has 0 unspecified atom stereocenters. The summed E-state index contributed by atoms with van der Waals surface area (Å²) >= 11 is 0. The molecule has 0 N–H and O–H groups in total. The molecule has 21 heavy (non-hydrogen) atoms. The monoisotopic (exact) mass is 283 g/mol. The van der Waals surface area contributed by atoms with Crippen LogP contribution in [-0.4, -0.2) is 18.1 Å². The number of oxazole rings is 1. The SMILES string of the molecule is COc1cccc(C(=O)OCc2nc3ccccc3o2)c1. The van der Waals surface area contributed by atoms with Gasteiger partial charge in [-0.1, -0.05) is 18.2 Å². The van der Waals surface area contributed by atoms with Gasteiger partial charge in [-0.15, -0.1) is 0 Å². The van der Waals surface area contributed by atoms with Crippen LogP contribution in [0.4, 0.5) is 0 Å². The van der Waals surface area contributed by atoms with E-state index in [2.05, 4.69) is 4.98 Å². The third-order valence-corrected chi connectivity index (χ3v) is 2.97. The van der Waals surface area contributed by atoms with Gasteiger partial charge in [-0.3, -0.25) is 0 Å². The van der Waals surface area contributed by atoms with E-state index in [0.717, 1.165) is 5.52 Å². The van der Waals surface area contributed by atoms with E-state index >= 15 is 0 Å². The number of para-hydroxylation sites is 2. The molecule has 0 aliphatic heterocycles. The lowest BCUT2D eigenvalue weighted by Gasteiger charge is -2.04. The van der Waals surface area contributed by atoms with Crippen molar-refractivity contribution < 1.29 is 18.7 Å². The normalized spacial score (nSPS) is 10.5. The molecular weight excluding hydrogens is 270 g/mol. The Morgan fingerprint density at radius 1 is 1.19 bits per heavy atom. The third kappa shape index (κ3) is 2.86. The summed E-state index contributed by atoms with van der Waals surface area (Å²) < 4.78 is 15.7. The molecule has 3 rings (SSSR count). The van der Waals surface area contributed by atoms with Crippen LogP contribution in [0.2, 0.25) is 0 Å². The number of benzene rings is 2. The quantitative estimate of drug-likeness (QED) is 0.688. The van der Waals surface area contributed by atoms with Gasteiger partial charge in [0.25, 0.3) is 0 Å². The second kappa shape index (κ2) is 5.66. The molecule has 3 aromatic rings. The van der Waals surface area contributed by atoms with E-state index < -0.39 is 5.97 Å². The van der Waals surface area contributed by atoms with Crippen molar-refractivity contribution in [2.24, 2.45) is 0 Å². The van der Waals surface area contributed by atoms with Gasteiger partial charge in [0, 0.05) is 0 Å². The summed E-state index contributed by atoms with van der Waals surface area (Å²) in [5.74, 6) is 0.523. The van der Waals surface area contributed by atoms with Gasteiger partial charge in [0.15, 0.2) is 12.2 Å². The number of esters is 1. The molecule has 0 radical (unpaired) electrons. The fourth-order valence-corrected chi connectivity index (χ4v) is 1.94. The van der Waals surface area contributed by atoms with E-state index in [1.165, 1.54) is 0 Å². The summed E-state index contributed by atoms with van der Waals surface area (Å²) in [6.45, 7) is -0.00920. The molecule has 1 heterocycles. The first-order chi connectivity index (χ1) is 10.3. The Hall–Kier alpha value is -2.82. The molecule has 0 fully saturated rings. The number of aromatic nitrogens is 1. The molecule has 1 aromatic heterocycles. The maximum atomic E-state index is 12.0. The van der Waals surface area contributed by atoms with Crippen LogP contribution in [0.25, 0.3) is 11.1 Å². The number of carbonyl (C=O) groups excluding carboxylic acids is 1. The van der Waals surface area contributed by atoms with E-state index in [1.807, 2.05) is 24.3 Å². The Labute approximate surface area is 121 Å². The Bertz CT molecular complexity index is 746. The minimum Gasteiger partial charge on any atom is -0.497 e. The highest BCUT2D eigenvalue weighted by atomic mass is 16.5. The van der Waals surface area contributed by atoms with Gasteiger partial charge in [0.2, 0.25) is 5.89 Å². The highest BCUT2D eigenvalue weighted by Crippen LogP contribution is 2.17. The number of nitrogens with zero attached hydrogens (tertiary/aromatic N) is 1. The first kappa shape index (κ1) is 13.2. The highest BCUT2D eigenvalue weighted by molar-refractivity contribution is 5.89. The molecule has 0 amide bonds. The van der Waals surface area contributed by atoms with Crippen LogP contribution in [-0.2, 0) is 11.3 Å². The maximum Gasteiger partial charge on any atom is 0.338 e. The maximum absolute atomic E-state index is 12.0. The molecule has 0 aliphatic rings. The average molecular weight is 283 g/mol. The first-order valence-electron chi connectivity index (χ1n) is 6.42. The van der Waals surface area contributed by atoms with Crippen molar-refractivity contribution >= 4 is 17.1 Å². The minimum atomic E-state index is -0.448. The van der Waals surface area contributed by atoms with Crippen LogP contribution in [0.3, 0.4) is 0 Å². The van der Waals surface area contributed by atoms with Crippen LogP contribution in [0.15, 0.2) is 52.9 Å². The molecule has 0 atom stereocenters. The number of hydrogen-bond acceptors (Lipinski definition) is 5. The van der Waals surface area contributed by atoms with Gasteiger partial charge in [-0.05, 0) is 30.3 Å². The lowest BCUT2D eigenvalue weighted by Crippen LogP contribution is -2.05. The molecule has 0 bridgehead atoms. The van der Waals surface area contributed by atoms with Gasteiger partial charge in [0.05, 0.1) is 12.7 Å². The molecule has 2 aromatic carbocycles. The summed E-state index contributed by atoms with van der Waals surface area (Å²) in [4.78, 5) is 16.2. The predicted octanol–water partition coefficient (Wildman–Crippen LogP) is 3.19. The van der Waals surface area contributed by atoms with Gasteiger partial charge < -0.3 is 13.9 Å². The summed E-state index contributed by atoms with van der Waals surface area (Å²) in [5, 5.41) is 0. The Balaban J connectivity index is 1.70. The van der Waals surface area contributed by atoms with Crippen molar-refractivity contribution in [1.29, 1.82) is 0 Å². The lowest BCUT2D eigenvalue weighted by atomic mass is 10.2. The molecule has 106 valence electrons. The van der Waals surface area contributed by atoms with Gasteiger partial charge in [-0.2, -0.15) is 0 Å². The fraction of sp³-hybridized carbons (Fsp3) is 0.125. The second-order valence-electron chi connectivity index (χ2n) is 4.38. The van der Waals surface area contributed by atoms with Gasteiger partial charge >= 0.3 is 5.97 Å². The van der Waals surface area contributed by atoms with Crippen LogP contribution < -0.4 is 4.74 Å². The lowest BCUT2D eigenvalue weighted by molar-refractivity contribution is 0.0440. The summed E-state index contributed by atoms with van der Waals surface area (Å²) in [6.07, 6.45) is 0. The minimum absolute atomic E-state index is 0.00920. The molecule has 0 spiro atoms. The van der Waals surface area contributed by atoms with Gasteiger partial charge in [-0.25, -0.2) is 9.78 Å². The number of fused-ring (bicyclic) bond motifs is 1. The van der Waals surface area contributed by atoms with Crippen molar-refractivity contribution in [3.63, 3.8) is 0 Å². The summed E-state index contributed by atoms with van der Waals surface area (Å²) in [5.41, 5.74) is 1.83. The van der Waals surface area contributed by atoms with Crippen molar-refractivity contribution in [3.05, 3.63) is 60.0 Å². The summed E-state index contributed by atoms with van der Waals surface area (Å²) in [6, 6.07) is 14.2. The van der Waals surface area contributed by atoms with Crippen molar-refractivity contribution in [1.82, 2.24) is 4.98 Å². The van der Waals surface area contributed by atoms with E-state index in [4.69, 9.17) is 13.9 Å². The third-order valence-electron chi connectivity index (χ3n) is 2.97. The van der Waals surface area contributed by atoms with Gasteiger partial charge in [0.1, 0.15) is 11.3 Å². The second-order valence-corrected chi connectivity index (χ2v) is 4.38. The highest BCUT2D eigenvalue weighted by Gasteiger charge is 2.11. The van der Waals surface area contributed by atoms with E-state index in [-0.39, 0.29) is 6.61 Å². The molecular formula is C16H13NO4. The standard InChI is InChI=1S/C16H13NO4/c1-19-12-6-4-5-11(9-12)16(18)20-10-15-17-13-7-2-3-8-14(13)21-15/h2-9H,10H2,1H3. The Kier molecular flexibility index (Phi) is 3.55. The topological polar surface area (TPSA) is 61.6 Å². The number of hydrogen-bond donors (Lipinski definition) is 0. The molecule has 0 saturated heterocycles. The Morgan fingerprint density at radius 3 is 2.86 bits per heavy atom. The fourth-order valence-electron chi connectivity index (χ4n) is 1.94. The number of carbonyl (C=O) groups is 1. The van der Waals surface area contributed by atoms with Crippen LogP contribution >= 0.6 is 0 Å². The van der Waals surface area contributed by atoms with Crippen molar-refractivity contribution in [2.75, 3.05) is 7.11 Å². The van der Waals surface area contributed by atoms with Crippen LogP contribution in [0.1, 0.15) is 16.2 Å². The van der Waals surface area contributed by atoms with E-state index in [1.54, 1.807) is 31.4 Å². The zero-order chi connectivity index (χ0) is 14.7. The molecule has 5 nitrogen and oxygen atoms in total. The summed E-state index contributed by atoms with van der Waals surface area (Å²) in [7, 11) is 1.54. The van der Waals surface area contributed by atoms with Crippen LogP contribution in [0, 0.1) is 0 Å². The Morgan fingerprint density at radius 2 is 2.05 bits per heavy atom. The predicted molar refractivity (Wildman–Crippen MR) is 76.1 cm³/mol. The molecule has 0 saturated carbocycles.